The SMILES string of the molecule is O=S1(=O)CCN(S(=O)(=O)c2ccccc2C(F)(F)F)CCC1c1cccs1. The molecule has 0 spiro atoms. The maximum atomic E-state index is 13.2. The number of hydrogen-bond donors (Lipinski definition) is 0. The fraction of sp³-hybridized carbons (Fsp3) is 0.375. The number of thiophene rings is 1. The number of alkyl halides is 3. The van der Waals surface area contributed by atoms with Crippen LogP contribution in [0.3, 0.4) is 0 Å². The van der Waals surface area contributed by atoms with E-state index >= 15 is 0 Å². The first-order valence-electron chi connectivity index (χ1n) is 7.95. The maximum Gasteiger partial charge on any atom is 0.417 e. The van der Waals surface area contributed by atoms with Crippen LogP contribution >= 0.6 is 11.3 Å². The zero-order chi connectivity index (χ0) is 19.9. The molecule has 27 heavy (non-hydrogen) atoms. The minimum Gasteiger partial charge on any atom is -0.228 e. The second-order valence-corrected chi connectivity index (χ2v) is 11.2. The molecule has 1 unspecified atom stereocenters. The number of benzene rings is 1. The van der Waals surface area contributed by atoms with E-state index in [1.165, 1.54) is 17.4 Å². The van der Waals surface area contributed by atoms with Crippen molar-refractivity contribution >= 4 is 31.2 Å². The lowest BCUT2D eigenvalue weighted by atomic mass is 10.2. The van der Waals surface area contributed by atoms with Gasteiger partial charge in [-0.3, -0.25) is 0 Å². The van der Waals surface area contributed by atoms with Crippen LogP contribution in [0.25, 0.3) is 0 Å². The van der Waals surface area contributed by atoms with Gasteiger partial charge in [-0.25, -0.2) is 16.8 Å². The molecular formula is C16H16F3NO4S3. The summed E-state index contributed by atoms with van der Waals surface area (Å²) in [5, 5.41) is 0.875. The first-order chi connectivity index (χ1) is 12.5. The molecule has 1 aliphatic heterocycles. The summed E-state index contributed by atoms with van der Waals surface area (Å²) in [6, 6.07) is 7.29. The molecule has 0 radical (unpaired) electrons. The summed E-state index contributed by atoms with van der Waals surface area (Å²) in [7, 11) is -8.10. The van der Waals surface area contributed by atoms with E-state index in [0.29, 0.717) is 10.9 Å². The lowest BCUT2D eigenvalue weighted by Gasteiger charge is -2.22. The van der Waals surface area contributed by atoms with Gasteiger partial charge in [0.05, 0.1) is 21.5 Å². The van der Waals surface area contributed by atoms with Gasteiger partial charge in [-0.2, -0.15) is 17.5 Å². The van der Waals surface area contributed by atoms with E-state index in [9.17, 15) is 30.0 Å². The number of sulfonamides is 1. The summed E-state index contributed by atoms with van der Waals surface area (Å²) in [6.07, 6.45) is -4.84. The Bertz CT molecular complexity index is 1020. The second-order valence-electron chi connectivity index (χ2n) is 6.06. The van der Waals surface area contributed by atoms with Crippen molar-refractivity contribution in [3.8, 4) is 0 Å². The van der Waals surface area contributed by atoms with Crippen LogP contribution in [0.1, 0.15) is 22.1 Å². The van der Waals surface area contributed by atoms with E-state index in [-0.39, 0.29) is 19.5 Å². The highest BCUT2D eigenvalue weighted by atomic mass is 32.2. The van der Waals surface area contributed by atoms with Gasteiger partial charge in [-0.05, 0) is 30.0 Å². The molecule has 1 fully saturated rings. The van der Waals surface area contributed by atoms with E-state index in [1.807, 2.05) is 0 Å². The zero-order valence-electron chi connectivity index (χ0n) is 13.9. The van der Waals surface area contributed by atoms with E-state index < -0.39 is 47.5 Å². The first-order valence-corrected chi connectivity index (χ1v) is 12.0. The predicted molar refractivity (Wildman–Crippen MR) is 95.7 cm³/mol. The van der Waals surface area contributed by atoms with Crippen molar-refractivity contribution in [1.82, 2.24) is 4.31 Å². The summed E-state index contributed by atoms with van der Waals surface area (Å²) in [5.41, 5.74) is -1.26. The molecule has 2 heterocycles. The van der Waals surface area contributed by atoms with E-state index in [0.717, 1.165) is 16.4 Å². The van der Waals surface area contributed by atoms with Gasteiger partial charge in [0, 0.05) is 18.0 Å². The standard InChI is InChI=1S/C16H16F3NO4S3/c17-16(18,19)12-4-1-2-6-14(12)27(23,24)20-8-7-15(13-5-3-10-25-13)26(21,22)11-9-20/h1-6,10,15H,7-9,11H2. The number of halogens is 3. The fourth-order valence-electron chi connectivity index (χ4n) is 3.02. The molecular weight excluding hydrogens is 423 g/mol. The normalized spacial score (nSPS) is 21.7. The van der Waals surface area contributed by atoms with Crippen molar-refractivity contribution in [2.75, 3.05) is 18.8 Å². The van der Waals surface area contributed by atoms with Crippen molar-refractivity contribution in [3.05, 3.63) is 52.2 Å². The number of rotatable bonds is 3. The van der Waals surface area contributed by atoms with Crippen molar-refractivity contribution in [2.45, 2.75) is 22.7 Å². The molecule has 11 heteroatoms. The molecule has 5 nitrogen and oxygen atoms in total. The lowest BCUT2D eigenvalue weighted by Crippen LogP contribution is -2.34. The lowest BCUT2D eigenvalue weighted by molar-refractivity contribution is -0.139. The van der Waals surface area contributed by atoms with Crippen LogP contribution in [0.2, 0.25) is 0 Å². The minimum absolute atomic E-state index is 0.00371. The molecule has 0 N–H and O–H groups in total. The van der Waals surface area contributed by atoms with Crippen LogP contribution < -0.4 is 0 Å². The highest BCUT2D eigenvalue weighted by Crippen LogP contribution is 2.37. The molecule has 1 saturated heterocycles. The molecule has 2 aromatic rings. The van der Waals surface area contributed by atoms with Crippen molar-refractivity contribution in [3.63, 3.8) is 0 Å². The molecule has 1 aliphatic rings. The summed E-state index contributed by atoms with van der Waals surface area (Å²) < 4.78 is 91.3. The summed E-state index contributed by atoms with van der Waals surface area (Å²) in [6.45, 7) is -0.547. The first kappa shape index (κ1) is 20.3. The highest BCUT2D eigenvalue weighted by molar-refractivity contribution is 7.92. The molecule has 1 aromatic heterocycles. The Kier molecular flexibility index (Phi) is 5.41. The molecule has 0 amide bonds. The minimum atomic E-state index is -4.83. The Labute approximate surface area is 159 Å². The Balaban J connectivity index is 1.96. The highest BCUT2D eigenvalue weighted by Gasteiger charge is 2.41. The molecule has 1 atom stereocenters. The number of nitrogens with zero attached hydrogens (tertiary/aromatic N) is 1. The van der Waals surface area contributed by atoms with Gasteiger partial charge in [-0.1, -0.05) is 18.2 Å². The van der Waals surface area contributed by atoms with Crippen molar-refractivity contribution in [2.24, 2.45) is 0 Å². The third-order valence-corrected chi connectivity index (χ3v) is 9.57. The average Bonchev–Trinajstić information content (AvgIpc) is 3.05. The van der Waals surface area contributed by atoms with Crippen LogP contribution in [-0.2, 0) is 26.0 Å². The van der Waals surface area contributed by atoms with Crippen LogP contribution in [0, 0.1) is 0 Å². The molecule has 3 rings (SSSR count). The molecule has 148 valence electrons. The molecule has 0 saturated carbocycles. The molecule has 0 aliphatic carbocycles. The summed E-state index contributed by atoms with van der Waals surface area (Å²) >= 11 is 1.26. The fourth-order valence-corrected chi connectivity index (χ4v) is 7.81. The monoisotopic (exact) mass is 439 g/mol. The average molecular weight is 440 g/mol. The summed E-state index contributed by atoms with van der Waals surface area (Å²) in [4.78, 5) is -0.255. The third-order valence-electron chi connectivity index (χ3n) is 4.37. The topological polar surface area (TPSA) is 71.5 Å². The van der Waals surface area contributed by atoms with Crippen LogP contribution in [-0.4, -0.2) is 40.0 Å². The van der Waals surface area contributed by atoms with Crippen LogP contribution in [0.15, 0.2) is 46.7 Å². The van der Waals surface area contributed by atoms with Crippen molar-refractivity contribution < 1.29 is 30.0 Å². The van der Waals surface area contributed by atoms with Gasteiger partial charge < -0.3 is 0 Å². The second kappa shape index (κ2) is 7.19. The smallest absolute Gasteiger partial charge is 0.228 e. The Morgan fingerprint density at radius 2 is 1.78 bits per heavy atom. The van der Waals surface area contributed by atoms with E-state index in [2.05, 4.69) is 0 Å². The predicted octanol–water partition coefficient (Wildman–Crippen LogP) is 3.32. The Hall–Kier alpha value is -1.43. The third kappa shape index (κ3) is 4.05. The van der Waals surface area contributed by atoms with Crippen molar-refractivity contribution in [1.29, 1.82) is 0 Å². The maximum absolute atomic E-state index is 13.2. The number of sulfone groups is 1. The van der Waals surface area contributed by atoms with Gasteiger partial charge in [0.25, 0.3) is 0 Å². The molecule has 1 aromatic carbocycles. The van der Waals surface area contributed by atoms with Crippen LogP contribution in [0.4, 0.5) is 13.2 Å². The van der Waals surface area contributed by atoms with Gasteiger partial charge in [0.15, 0.2) is 9.84 Å². The van der Waals surface area contributed by atoms with Crippen LogP contribution in [0.5, 0.6) is 0 Å². The largest absolute Gasteiger partial charge is 0.417 e. The van der Waals surface area contributed by atoms with E-state index in [1.54, 1.807) is 17.5 Å². The number of hydrogen-bond acceptors (Lipinski definition) is 5. The van der Waals surface area contributed by atoms with Gasteiger partial charge in [-0.15, -0.1) is 11.3 Å². The van der Waals surface area contributed by atoms with Gasteiger partial charge >= 0.3 is 6.18 Å². The zero-order valence-corrected chi connectivity index (χ0v) is 16.3. The van der Waals surface area contributed by atoms with Gasteiger partial charge in [0.1, 0.15) is 0 Å². The summed E-state index contributed by atoms with van der Waals surface area (Å²) in [5.74, 6) is -0.441. The Morgan fingerprint density at radius 3 is 2.41 bits per heavy atom. The Morgan fingerprint density at radius 1 is 1.07 bits per heavy atom. The van der Waals surface area contributed by atoms with E-state index in [4.69, 9.17) is 0 Å². The quantitative estimate of drug-likeness (QED) is 0.736. The van der Waals surface area contributed by atoms with Gasteiger partial charge in [0.2, 0.25) is 10.0 Å². The molecule has 0 bridgehead atoms.